The Bertz CT molecular complexity index is 607. The van der Waals surface area contributed by atoms with Crippen molar-refractivity contribution in [3.05, 3.63) is 29.6 Å². The van der Waals surface area contributed by atoms with Gasteiger partial charge in [0.25, 0.3) is 5.91 Å². The largest absolute Gasteiger partial charge is 0.433 e. The first kappa shape index (κ1) is 18.2. The van der Waals surface area contributed by atoms with Crippen LogP contribution in [0.4, 0.5) is 13.2 Å². The fourth-order valence-electron chi connectivity index (χ4n) is 2.41. The lowest BCUT2D eigenvalue weighted by Gasteiger charge is -2.21. The van der Waals surface area contributed by atoms with Gasteiger partial charge in [0.15, 0.2) is 0 Å². The lowest BCUT2D eigenvalue weighted by molar-refractivity contribution is -0.142. The molecule has 1 unspecified atom stereocenters. The third-order valence-corrected chi connectivity index (χ3v) is 3.69. The van der Waals surface area contributed by atoms with E-state index in [9.17, 15) is 27.9 Å². The number of pyridine rings is 1. The Morgan fingerprint density at radius 1 is 1.42 bits per heavy atom. The van der Waals surface area contributed by atoms with Crippen LogP contribution in [0.25, 0.3) is 0 Å². The molecule has 1 atom stereocenters. The summed E-state index contributed by atoms with van der Waals surface area (Å²) in [5.41, 5.74) is -0.770. The number of amides is 2. The lowest BCUT2D eigenvalue weighted by atomic mass is 10.2. The van der Waals surface area contributed by atoms with Crippen LogP contribution < -0.4 is 5.32 Å². The highest BCUT2D eigenvalue weighted by molar-refractivity contribution is 5.87. The molecule has 2 heterocycles. The molecule has 132 valence electrons. The van der Waals surface area contributed by atoms with Crippen LogP contribution in [0.5, 0.6) is 0 Å². The number of aromatic nitrogens is 1. The van der Waals surface area contributed by atoms with Crippen LogP contribution in [0.2, 0.25) is 0 Å². The standard InChI is InChI=1S/C15H18F3N3O3/c16-15(17,18)12-7-10(4-5-19-12)8-20-13(23)9-21-6-2-1-3-11(22)14(21)24/h4-5,7,11,22H,1-3,6,8-9H2,(H,20,23). The van der Waals surface area contributed by atoms with Gasteiger partial charge in [-0.3, -0.25) is 14.6 Å². The van der Waals surface area contributed by atoms with Gasteiger partial charge in [0, 0.05) is 19.3 Å². The summed E-state index contributed by atoms with van der Waals surface area (Å²) in [6, 6.07) is 2.23. The van der Waals surface area contributed by atoms with Crippen LogP contribution in [0, 0.1) is 0 Å². The summed E-state index contributed by atoms with van der Waals surface area (Å²) in [5, 5.41) is 12.1. The first-order chi connectivity index (χ1) is 11.3. The molecule has 2 amide bonds. The quantitative estimate of drug-likeness (QED) is 0.856. The zero-order valence-electron chi connectivity index (χ0n) is 12.8. The number of nitrogens with one attached hydrogen (secondary N) is 1. The van der Waals surface area contributed by atoms with Gasteiger partial charge >= 0.3 is 6.18 Å². The van der Waals surface area contributed by atoms with Gasteiger partial charge in [-0.1, -0.05) is 0 Å². The number of carbonyl (C=O) groups excluding carboxylic acids is 2. The molecule has 0 bridgehead atoms. The molecule has 1 aromatic heterocycles. The van der Waals surface area contributed by atoms with Crippen LogP contribution in [-0.4, -0.2) is 46.0 Å². The number of hydrogen-bond acceptors (Lipinski definition) is 4. The van der Waals surface area contributed by atoms with E-state index in [4.69, 9.17) is 0 Å². The smallest absolute Gasteiger partial charge is 0.383 e. The number of halogens is 3. The Morgan fingerprint density at radius 2 is 2.17 bits per heavy atom. The molecular weight excluding hydrogens is 327 g/mol. The summed E-state index contributed by atoms with van der Waals surface area (Å²) >= 11 is 0. The fraction of sp³-hybridized carbons (Fsp3) is 0.533. The Hall–Kier alpha value is -2.16. The number of carbonyl (C=O) groups is 2. The van der Waals surface area contributed by atoms with Crippen molar-refractivity contribution in [2.45, 2.75) is 38.1 Å². The molecule has 1 fully saturated rings. The number of rotatable bonds is 4. The maximum Gasteiger partial charge on any atom is 0.433 e. The van der Waals surface area contributed by atoms with Gasteiger partial charge in [0.05, 0.1) is 6.54 Å². The first-order valence-corrected chi connectivity index (χ1v) is 7.53. The maximum atomic E-state index is 12.6. The molecule has 24 heavy (non-hydrogen) atoms. The van der Waals surface area contributed by atoms with Gasteiger partial charge in [-0.2, -0.15) is 13.2 Å². The summed E-state index contributed by atoms with van der Waals surface area (Å²) in [4.78, 5) is 28.3. The van der Waals surface area contributed by atoms with Crippen LogP contribution >= 0.6 is 0 Å². The van der Waals surface area contributed by atoms with E-state index >= 15 is 0 Å². The number of nitrogens with zero attached hydrogens (tertiary/aromatic N) is 2. The van der Waals surface area contributed by atoms with Gasteiger partial charge in [-0.15, -0.1) is 0 Å². The van der Waals surface area contributed by atoms with E-state index in [0.29, 0.717) is 25.8 Å². The molecule has 2 rings (SSSR count). The molecule has 1 saturated heterocycles. The Morgan fingerprint density at radius 3 is 2.88 bits per heavy atom. The summed E-state index contributed by atoms with van der Waals surface area (Å²) < 4.78 is 37.7. The van der Waals surface area contributed by atoms with Crippen molar-refractivity contribution in [3.63, 3.8) is 0 Å². The molecular formula is C15H18F3N3O3. The van der Waals surface area contributed by atoms with Gasteiger partial charge in [-0.05, 0) is 37.0 Å². The number of alkyl halides is 3. The van der Waals surface area contributed by atoms with Crippen LogP contribution in [0.3, 0.4) is 0 Å². The second kappa shape index (κ2) is 7.61. The van der Waals surface area contributed by atoms with Gasteiger partial charge < -0.3 is 15.3 Å². The maximum absolute atomic E-state index is 12.6. The zero-order valence-corrected chi connectivity index (χ0v) is 12.8. The molecule has 9 heteroatoms. The van der Waals surface area contributed by atoms with E-state index in [1.54, 1.807) is 0 Å². The average molecular weight is 345 g/mol. The highest BCUT2D eigenvalue weighted by Gasteiger charge is 2.32. The van der Waals surface area contributed by atoms with E-state index in [0.717, 1.165) is 12.3 Å². The topological polar surface area (TPSA) is 82.5 Å². The third kappa shape index (κ3) is 4.92. The van der Waals surface area contributed by atoms with Crippen molar-refractivity contribution in [3.8, 4) is 0 Å². The predicted molar refractivity (Wildman–Crippen MR) is 77.5 cm³/mol. The summed E-state index contributed by atoms with van der Waals surface area (Å²) in [6.07, 6.45) is -2.87. The molecule has 1 aliphatic rings. The van der Waals surface area contributed by atoms with E-state index in [2.05, 4.69) is 10.3 Å². The van der Waals surface area contributed by atoms with Crippen molar-refractivity contribution in [1.29, 1.82) is 0 Å². The van der Waals surface area contributed by atoms with Crippen LogP contribution in [-0.2, 0) is 22.3 Å². The van der Waals surface area contributed by atoms with Crippen molar-refractivity contribution in [2.24, 2.45) is 0 Å². The number of aliphatic hydroxyl groups is 1. The first-order valence-electron chi connectivity index (χ1n) is 7.53. The second-order valence-corrected chi connectivity index (χ2v) is 5.60. The minimum absolute atomic E-state index is 0.102. The molecule has 6 nitrogen and oxygen atoms in total. The highest BCUT2D eigenvalue weighted by Crippen LogP contribution is 2.27. The number of aliphatic hydroxyl groups excluding tert-OH is 1. The minimum atomic E-state index is -4.55. The van der Waals surface area contributed by atoms with Crippen LogP contribution in [0.15, 0.2) is 18.3 Å². The Kier molecular flexibility index (Phi) is 5.76. The van der Waals surface area contributed by atoms with Crippen molar-refractivity contribution < 1.29 is 27.9 Å². The summed E-state index contributed by atoms with van der Waals surface area (Å²) in [7, 11) is 0. The Balaban J connectivity index is 1.90. The predicted octanol–water partition coefficient (Wildman–Crippen LogP) is 1.09. The highest BCUT2D eigenvalue weighted by atomic mass is 19.4. The molecule has 0 aliphatic carbocycles. The third-order valence-electron chi connectivity index (χ3n) is 3.69. The van der Waals surface area contributed by atoms with Crippen molar-refractivity contribution in [1.82, 2.24) is 15.2 Å². The van der Waals surface area contributed by atoms with Crippen molar-refractivity contribution in [2.75, 3.05) is 13.1 Å². The average Bonchev–Trinajstić information content (AvgIpc) is 2.68. The lowest BCUT2D eigenvalue weighted by Crippen LogP contribution is -2.44. The second-order valence-electron chi connectivity index (χ2n) is 5.60. The number of hydrogen-bond donors (Lipinski definition) is 2. The monoisotopic (exact) mass is 345 g/mol. The minimum Gasteiger partial charge on any atom is -0.383 e. The van der Waals surface area contributed by atoms with E-state index in [1.165, 1.54) is 11.0 Å². The fourth-order valence-corrected chi connectivity index (χ4v) is 2.41. The van der Waals surface area contributed by atoms with Gasteiger partial charge in [0.1, 0.15) is 11.8 Å². The normalized spacial score (nSPS) is 19.1. The molecule has 0 spiro atoms. The van der Waals surface area contributed by atoms with Gasteiger partial charge in [-0.25, -0.2) is 0 Å². The van der Waals surface area contributed by atoms with E-state index < -0.39 is 29.8 Å². The summed E-state index contributed by atoms with van der Waals surface area (Å²) in [5.74, 6) is -0.992. The van der Waals surface area contributed by atoms with Crippen molar-refractivity contribution >= 4 is 11.8 Å². The molecule has 1 aromatic rings. The van der Waals surface area contributed by atoms with E-state index in [-0.39, 0.29) is 18.7 Å². The molecule has 2 N–H and O–H groups in total. The molecule has 0 saturated carbocycles. The Labute approximate surface area is 136 Å². The molecule has 0 aromatic carbocycles. The van der Waals surface area contributed by atoms with E-state index in [1.807, 2.05) is 0 Å². The molecule has 1 aliphatic heterocycles. The molecule has 0 radical (unpaired) electrons. The zero-order chi connectivity index (χ0) is 17.7. The number of likely N-dealkylation sites (tertiary alicyclic amines) is 1. The summed E-state index contributed by atoms with van der Waals surface area (Å²) in [6.45, 7) is 0.0406. The van der Waals surface area contributed by atoms with Crippen LogP contribution in [0.1, 0.15) is 30.5 Å². The van der Waals surface area contributed by atoms with Gasteiger partial charge in [0.2, 0.25) is 5.91 Å². The SMILES string of the molecule is O=C(CN1CCCCC(O)C1=O)NCc1ccnc(C(F)(F)F)c1.